The summed E-state index contributed by atoms with van der Waals surface area (Å²) in [5, 5.41) is 23.6. The number of aliphatic carboxylic acids is 2. The molecule has 194 valence electrons. The van der Waals surface area contributed by atoms with Crippen LogP contribution in [0.3, 0.4) is 0 Å². The lowest BCUT2D eigenvalue weighted by Gasteiger charge is -2.29. The van der Waals surface area contributed by atoms with E-state index in [1.54, 1.807) is 6.92 Å². The minimum absolute atomic E-state index is 0.000603. The Kier molecular flexibility index (Phi) is 10.2. The number of nitrogens with zero attached hydrogens (tertiary/aromatic N) is 2. The number of H-pyrrole nitrogens is 1. The summed E-state index contributed by atoms with van der Waals surface area (Å²) in [6.07, 6.45) is 3.70. The molecule has 1 aliphatic heterocycles. The number of likely N-dealkylation sites (tertiary alicyclic amines) is 1. The third-order valence-corrected chi connectivity index (χ3v) is 6.25. The van der Waals surface area contributed by atoms with Crippen LogP contribution >= 0.6 is 0 Å². The van der Waals surface area contributed by atoms with E-state index in [2.05, 4.69) is 20.6 Å². The lowest BCUT2D eigenvalue weighted by Crippen LogP contribution is -2.58. The van der Waals surface area contributed by atoms with Gasteiger partial charge in [-0.1, -0.05) is 20.3 Å². The largest absolute Gasteiger partial charge is 0.481 e. The molecular formula is C22H34N6O7. The fourth-order valence-corrected chi connectivity index (χ4v) is 3.89. The van der Waals surface area contributed by atoms with Gasteiger partial charge in [0, 0.05) is 31.3 Å². The number of nitrogens with one attached hydrogen (secondary N) is 3. The maximum atomic E-state index is 13.3. The number of rotatable bonds is 13. The lowest BCUT2D eigenvalue weighted by molar-refractivity contribution is -0.149. The predicted octanol–water partition coefficient (Wildman–Crippen LogP) is -0.764. The predicted molar refractivity (Wildman–Crippen MR) is 123 cm³/mol. The zero-order valence-electron chi connectivity index (χ0n) is 19.9. The van der Waals surface area contributed by atoms with Crippen LogP contribution in [-0.4, -0.2) is 85.5 Å². The zero-order chi connectivity index (χ0) is 26.1. The summed E-state index contributed by atoms with van der Waals surface area (Å²) in [6, 6.07) is -4.31. The van der Waals surface area contributed by atoms with Crippen LogP contribution in [0.1, 0.15) is 51.6 Å². The van der Waals surface area contributed by atoms with Gasteiger partial charge in [-0.2, -0.15) is 0 Å². The first-order valence-corrected chi connectivity index (χ1v) is 11.6. The van der Waals surface area contributed by atoms with Gasteiger partial charge in [0.05, 0.1) is 12.4 Å². The number of hydrogen-bond donors (Lipinski definition) is 6. The molecule has 1 aliphatic rings. The number of carboxylic acids is 2. The first kappa shape index (κ1) is 27.8. The van der Waals surface area contributed by atoms with Crippen molar-refractivity contribution in [3.8, 4) is 0 Å². The first-order chi connectivity index (χ1) is 16.5. The van der Waals surface area contributed by atoms with E-state index < -0.39 is 60.2 Å². The summed E-state index contributed by atoms with van der Waals surface area (Å²) < 4.78 is 0. The number of aromatic nitrogens is 2. The Hall–Kier alpha value is -3.48. The van der Waals surface area contributed by atoms with E-state index in [4.69, 9.17) is 10.8 Å². The van der Waals surface area contributed by atoms with Crippen LogP contribution in [0.15, 0.2) is 12.5 Å². The molecule has 5 atom stereocenters. The average Bonchev–Trinajstić information content (AvgIpc) is 3.51. The van der Waals surface area contributed by atoms with Gasteiger partial charge in [0.15, 0.2) is 0 Å². The quantitative estimate of drug-likeness (QED) is 0.203. The molecule has 13 heteroatoms. The fourth-order valence-electron chi connectivity index (χ4n) is 3.89. The summed E-state index contributed by atoms with van der Waals surface area (Å²) in [5.41, 5.74) is 6.48. The van der Waals surface area contributed by atoms with Gasteiger partial charge in [0.25, 0.3) is 0 Å². The lowest BCUT2D eigenvalue weighted by atomic mass is 9.98. The van der Waals surface area contributed by atoms with Crippen LogP contribution in [0.25, 0.3) is 0 Å². The number of imidazole rings is 1. The van der Waals surface area contributed by atoms with Crippen molar-refractivity contribution in [3.63, 3.8) is 0 Å². The fraction of sp³-hybridized carbons (Fsp3) is 0.636. The van der Waals surface area contributed by atoms with E-state index in [0.29, 0.717) is 25.0 Å². The molecule has 0 aliphatic carbocycles. The van der Waals surface area contributed by atoms with E-state index in [9.17, 15) is 29.1 Å². The molecule has 1 aromatic rings. The van der Waals surface area contributed by atoms with E-state index in [1.165, 1.54) is 17.4 Å². The van der Waals surface area contributed by atoms with Crippen LogP contribution in [0.2, 0.25) is 0 Å². The Labute approximate surface area is 202 Å². The highest BCUT2D eigenvalue weighted by atomic mass is 16.4. The van der Waals surface area contributed by atoms with Crippen LogP contribution in [-0.2, 0) is 30.4 Å². The number of carboxylic acid groups (broad SMARTS) is 2. The van der Waals surface area contributed by atoms with Gasteiger partial charge >= 0.3 is 11.9 Å². The number of aromatic amines is 1. The Morgan fingerprint density at radius 1 is 1.20 bits per heavy atom. The number of nitrogens with two attached hydrogens (primary N) is 1. The van der Waals surface area contributed by atoms with Gasteiger partial charge in [-0.3, -0.25) is 19.2 Å². The summed E-state index contributed by atoms with van der Waals surface area (Å²) in [7, 11) is 0. The van der Waals surface area contributed by atoms with E-state index in [0.717, 1.165) is 0 Å². The second kappa shape index (κ2) is 12.8. The minimum atomic E-state index is -1.25. The summed E-state index contributed by atoms with van der Waals surface area (Å²) in [4.78, 5) is 69.7. The van der Waals surface area contributed by atoms with Crippen molar-refractivity contribution >= 4 is 29.7 Å². The molecule has 0 saturated carbocycles. The molecule has 0 aromatic carbocycles. The van der Waals surface area contributed by atoms with Gasteiger partial charge < -0.3 is 36.5 Å². The molecule has 2 rings (SSSR count). The highest BCUT2D eigenvalue weighted by Crippen LogP contribution is 2.19. The molecule has 0 bridgehead atoms. The van der Waals surface area contributed by atoms with E-state index in [1.807, 2.05) is 6.92 Å². The summed E-state index contributed by atoms with van der Waals surface area (Å²) >= 11 is 0. The summed E-state index contributed by atoms with van der Waals surface area (Å²) in [5.74, 6) is -4.41. The molecule has 0 radical (unpaired) electrons. The maximum absolute atomic E-state index is 13.3. The number of carbonyl (C=O) groups is 5. The molecular weight excluding hydrogens is 460 g/mol. The van der Waals surface area contributed by atoms with E-state index >= 15 is 0 Å². The van der Waals surface area contributed by atoms with Gasteiger partial charge in [0.2, 0.25) is 17.7 Å². The molecule has 2 heterocycles. The molecule has 35 heavy (non-hydrogen) atoms. The van der Waals surface area contributed by atoms with Crippen molar-refractivity contribution in [1.29, 1.82) is 0 Å². The molecule has 7 N–H and O–H groups in total. The molecule has 3 amide bonds. The number of amides is 3. The number of carbonyl (C=O) groups excluding carboxylic acids is 3. The van der Waals surface area contributed by atoms with Crippen LogP contribution in [0.5, 0.6) is 0 Å². The van der Waals surface area contributed by atoms with Crippen molar-refractivity contribution in [1.82, 2.24) is 25.5 Å². The standard InChI is InChI=1S/C22H34N6O7/c1-3-12(2)18(23)20(32)26-14(6-7-17(29)30)19(31)27-15(9-13-10-24-11-25-13)21(33)28-8-4-5-16(28)22(34)35/h10-12,14-16,18H,3-9,23H2,1-2H3,(H,24,25)(H,26,32)(H,27,31)(H,29,30)(H,34,35). The van der Waals surface area contributed by atoms with Crippen molar-refractivity contribution in [2.45, 2.75) is 76.5 Å². The first-order valence-electron chi connectivity index (χ1n) is 11.6. The van der Waals surface area contributed by atoms with Gasteiger partial charge in [-0.15, -0.1) is 0 Å². The summed E-state index contributed by atoms with van der Waals surface area (Å²) in [6.45, 7) is 3.87. The monoisotopic (exact) mass is 494 g/mol. The van der Waals surface area contributed by atoms with Gasteiger partial charge in [-0.05, 0) is 25.2 Å². The van der Waals surface area contributed by atoms with Crippen LogP contribution in [0.4, 0.5) is 0 Å². The van der Waals surface area contributed by atoms with Crippen molar-refractivity contribution < 1.29 is 34.2 Å². The Bertz CT molecular complexity index is 906. The highest BCUT2D eigenvalue weighted by Gasteiger charge is 2.38. The highest BCUT2D eigenvalue weighted by molar-refractivity contribution is 5.94. The smallest absolute Gasteiger partial charge is 0.326 e. The Morgan fingerprint density at radius 2 is 1.89 bits per heavy atom. The van der Waals surface area contributed by atoms with Crippen LogP contribution in [0, 0.1) is 5.92 Å². The van der Waals surface area contributed by atoms with Crippen LogP contribution < -0.4 is 16.4 Å². The van der Waals surface area contributed by atoms with Crippen molar-refractivity contribution in [2.75, 3.05) is 6.54 Å². The van der Waals surface area contributed by atoms with Crippen molar-refractivity contribution in [2.24, 2.45) is 11.7 Å². The van der Waals surface area contributed by atoms with Gasteiger partial charge in [0.1, 0.15) is 18.1 Å². The van der Waals surface area contributed by atoms with Crippen molar-refractivity contribution in [3.05, 3.63) is 18.2 Å². The second-order valence-corrected chi connectivity index (χ2v) is 8.77. The normalized spacial score (nSPS) is 18.8. The Balaban J connectivity index is 2.23. The molecule has 1 fully saturated rings. The molecule has 13 nitrogen and oxygen atoms in total. The minimum Gasteiger partial charge on any atom is -0.481 e. The average molecular weight is 495 g/mol. The molecule has 0 spiro atoms. The van der Waals surface area contributed by atoms with Gasteiger partial charge in [-0.25, -0.2) is 9.78 Å². The Morgan fingerprint density at radius 3 is 2.46 bits per heavy atom. The second-order valence-electron chi connectivity index (χ2n) is 8.77. The van der Waals surface area contributed by atoms with E-state index in [-0.39, 0.29) is 25.3 Å². The zero-order valence-corrected chi connectivity index (χ0v) is 19.9. The number of hydrogen-bond acceptors (Lipinski definition) is 7. The SMILES string of the molecule is CCC(C)C(N)C(=O)NC(CCC(=O)O)C(=O)NC(Cc1cnc[nH]1)C(=O)N1CCCC1C(=O)O. The third kappa shape index (κ3) is 7.77. The molecule has 1 aromatic heterocycles. The maximum Gasteiger partial charge on any atom is 0.326 e. The third-order valence-electron chi connectivity index (χ3n) is 6.25. The molecule has 1 saturated heterocycles. The topological polar surface area (TPSA) is 208 Å². The molecule has 5 unspecified atom stereocenters.